The third-order valence-electron chi connectivity index (χ3n) is 3.62. The van der Waals surface area contributed by atoms with Crippen LogP contribution in [0.4, 0.5) is 5.69 Å². The molecule has 2 heteroatoms. The van der Waals surface area contributed by atoms with Crippen molar-refractivity contribution in [3.8, 4) is 0 Å². The van der Waals surface area contributed by atoms with E-state index in [4.69, 9.17) is 0 Å². The van der Waals surface area contributed by atoms with Gasteiger partial charge in [0.1, 0.15) is 0 Å². The van der Waals surface area contributed by atoms with Crippen molar-refractivity contribution in [2.75, 3.05) is 25.0 Å². The zero-order chi connectivity index (χ0) is 12.7. The Labute approximate surface area is 106 Å². The van der Waals surface area contributed by atoms with Gasteiger partial charge in [-0.15, -0.1) is 0 Å². The van der Waals surface area contributed by atoms with E-state index >= 15 is 0 Å². The summed E-state index contributed by atoms with van der Waals surface area (Å²) >= 11 is 0. The SMILES string of the molecule is CCC(C)C(CN(CC)c1ccccc1)NC. The van der Waals surface area contributed by atoms with Crippen LogP contribution in [0.15, 0.2) is 30.3 Å². The summed E-state index contributed by atoms with van der Waals surface area (Å²) in [5.41, 5.74) is 1.32. The van der Waals surface area contributed by atoms with Crippen molar-refractivity contribution in [2.24, 2.45) is 5.92 Å². The minimum Gasteiger partial charge on any atom is -0.370 e. The van der Waals surface area contributed by atoms with Crippen LogP contribution in [0.5, 0.6) is 0 Å². The predicted octanol–water partition coefficient (Wildman–Crippen LogP) is 3.15. The molecule has 0 aliphatic heterocycles. The summed E-state index contributed by atoms with van der Waals surface area (Å²) in [6, 6.07) is 11.2. The summed E-state index contributed by atoms with van der Waals surface area (Å²) in [5.74, 6) is 0.706. The van der Waals surface area contributed by atoms with Gasteiger partial charge in [0, 0.05) is 24.8 Å². The second-order valence-corrected chi connectivity index (χ2v) is 4.65. The minimum atomic E-state index is 0.556. The summed E-state index contributed by atoms with van der Waals surface area (Å²) in [6.07, 6.45) is 1.22. The Morgan fingerprint density at radius 3 is 2.29 bits per heavy atom. The Balaban J connectivity index is 2.69. The van der Waals surface area contributed by atoms with Crippen molar-refractivity contribution in [1.82, 2.24) is 5.32 Å². The summed E-state index contributed by atoms with van der Waals surface area (Å²) in [4.78, 5) is 2.44. The van der Waals surface area contributed by atoms with E-state index in [0.29, 0.717) is 12.0 Å². The lowest BCUT2D eigenvalue weighted by Gasteiger charge is -2.31. The Morgan fingerprint density at radius 2 is 1.82 bits per heavy atom. The van der Waals surface area contributed by atoms with E-state index in [2.05, 4.69) is 68.4 Å². The van der Waals surface area contributed by atoms with E-state index in [9.17, 15) is 0 Å². The van der Waals surface area contributed by atoms with E-state index in [1.807, 2.05) is 0 Å². The molecule has 17 heavy (non-hydrogen) atoms. The molecule has 0 heterocycles. The molecule has 0 radical (unpaired) electrons. The largest absolute Gasteiger partial charge is 0.370 e. The molecule has 0 saturated carbocycles. The van der Waals surface area contributed by atoms with Gasteiger partial charge < -0.3 is 10.2 Å². The average Bonchev–Trinajstić information content (AvgIpc) is 2.40. The molecule has 0 aliphatic rings. The Hall–Kier alpha value is -1.02. The number of hydrogen-bond acceptors (Lipinski definition) is 2. The van der Waals surface area contributed by atoms with Gasteiger partial charge in [-0.25, -0.2) is 0 Å². The highest BCUT2D eigenvalue weighted by Gasteiger charge is 2.16. The summed E-state index contributed by atoms with van der Waals surface area (Å²) in [7, 11) is 2.07. The van der Waals surface area contributed by atoms with Gasteiger partial charge in [-0.3, -0.25) is 0 Å². The molecule has 1 aromatic carbocycles. The van der Waals surface area contributed by atoms with Crippen LogP contribution in [0.2, 0.25) is 0 Å². The van der Waals surface area contributed by atoms with E-state index < -0.39 is 0 Å². The second kappa shape index (κ2) is 7.33. The number of rotatable bonds is 7. The highest BCUT2D eigenvalue weighted by atomic mass is 15.1. The fraction of sp³-hybridized carbons (Fsp3) is 0.600. The van der Waals surface area contributed by atoms with Gasteiger partial charge in [-0.1, -0.05) is 38.5 Å². The smallest absolute Gasteiger partial charge is 0.0366 e. The molecule has 0 aliphatic carbocycles. The summed E-state index contributed by atoms with van der Waals surface area (Å²) < 4.78 is 0. The van der Waals surface area contributed by atoms with Gasteiger partial charge in [-0.05, 0) is 32.0 Å². The topological polar surface area (TPSA) is 15.3 Å². The standard InChI is InChI=1S/C15H26N2/c1-5-13(3)15(16-4)12-17(6-2)14-10-8-7-9-11-14/h7-11,13,15-16H,5-6,12H2,1-4H3. The normalized spacial score (nSPS) is 14.4. The number of anilines is 1. The van der Waals surface area contributed by atoms with Crippen molar-refractivity contribution in [3.05, 3.63) is 30.3 Å². The molecule has 0 amide bonds. The molecule has 2 unspecified atom stereocenters. The lowest BCUT2D eigenvalue weighted by atomic mass is 9.98. The average molecular weight is 234 g/mol. The van der Waals surface area contributed by atoms with Crippen LogP contribution < -0.4 is 10.2 Å². The molecular weight excluding hydrogens is 208 g/mol. The van der Waals surface area contributed by atoms with Crippen molar-refractivity contribution in [1.29, 1.82) is 0 Å². The third kappa shape index (κ3) is 4.04. The molecule has 96 valence electrons. The van der Waals surface area contributed by atoms with Crippen LogP contribution in [0.3, 0.4) is 0 Å². The van der Waals surface area contributed by atoms with E-state index in [1.165, 1.54) is 12.1 Å². The number of benzene rings is 1. The van der Waals surface area contributed by atoms with Crippen molar-refractivity contribution >= 4 is 5.69 Å². The van der Waals surface area contributed by atoms with Gasteiger partial charge in [0.05, 0.1) is 0 Å². The monoisotopic (exact) mass is 234 g/mol. The maximum absolute atomic E-state index is 3.45. The molecule has 0 spiro atoms. The number of likely N-dealkylation sites (N-methyl/N-ethyl adjacent to an activating group) is 2. The van der Waals surface area contributed by atoms with Gasteiger partial charge in [-0.2, -0.15) is 0 Å². The summed E-state index contributed by atoms with van der Waals surface area (Å²) in [6.45, 7) is 8.93. The van der Waals surface area contributed by atoms with Gasteiger partial charge in [0.25, 0.3) is 0 Å². The molecule has 0 aromatic heterocycles. The van der Waals surface area contributed by atoms with Crippen molar-refractivity contribution < 1.29 is 0 Å². The van der Waals surface area contributed by atoms with E-state index in [1.54, 1.807) is 0 Å². The molecular formula is C15H26N2. The van der Waals surface area contributed by atoms with Crippen LogP contribution in [-0.2, 0) is 0 Å². The zero-order valence-corrected chi connectivity index (χ0v) is 11.6. The number of nitrogens with zero attached hydrogens (tertiary/aromatic N) is 1. The van der Waals surface area contributed by atoms with Gasteiger partial charge in [0.15, 0.2) is 0 Å². The summed E-state index contributed by atoms with van der Waals surface area (Å²) in [5, 5.41) is 3.45. The Morgan fingerprint density at radius 1 is 1.18 bits per heavy atom. The number of hydrogen-bond donors (Lipinski definition) is 1. The van der Waals surface area contributed by atoms with Crippen LogP contribution >= 0.6 is 0 Å². The highest BCUT2D eigenvalue weighted by Crippen LogP contribution is 2.16. The maximum Gasteiger partial charge on any atom is 0.0366 e. The first-order valence-corrected chi connectivity index (χ1v) is 6.70. The molecule has 1 rings (SSSR count). The molecule has 1 aromatic rings. The van der Waals surface area contributed by atoms with Crippen LogP contribution in [0, 0.1) is 5.92 Å². The van der Waals surface area contributed by atoms with E-state index in [0.717, 1.165) is 13.1 Å². The van der Waals surface area contributed by atoms with Gasteiger partial charge in [0.2, 0.25) is 0 Å². The Kier molecular flexibility index (Phi) is 6.06. The first-order chi connectivity index (χ1) is 8.22. The van der Waals surface area contributed by atoms with Gasteiger partial charge >= 0.3 is 0 Å². The van der Waals surface area contributed by atoms with Crippen molar-refractivity contribution in [2.45, 2.75) is 33.2 Å². The Bertz CT molecular complexity index is 297. The molecule has 0 saturated heterocycles. The number of para-hydroxylation sites is 1. The van der Waals surface area contributed by atoms with Crippen molar-refractivity contribution in [3.63, 3.8) is 0 Å². The molecule has 0 fully saturated rings. The van der Waals surface area contributed by atoms with E-state index in [-0.39, 0.29) is 0 Å². The zero-order valence-electron chi connectivity index (χ0n) is 11.6. The second-order valence-electron chi connectivity index (χ2n) is 4.65. The lowest BCUT2D eigenvalue weighted by Crippen LogP contribution is -2.43. The molecule has 0 bridgehead atoms. The first-order valence-electron chi connectivity index (χ1n) is 6.70. The van der Waals surface area contributed by atoms with Crippen LogP contribution in [0.1, 0.15) is 27.2 Å². The molecule has 2 atom stereocenters. The predicted molar refractivity (Wildman–Crippen MR) is 76.6 cm³/mol. The quantitative estimate of drug-likeness (QED) is 0.779. The lowest BCUT2D eigenvalue weighted by molar-refractivity contribution is 0.388. The fourth-order valence-electron chi connectivity index (χ4n) is 2.13. The maximum atomic E-state index is 3.45. The third-order valence-corrected chi connectivity index (χ3v) is 3.62. The number of nitrogens with one attached hydrogen (secondary N) is 1. The highest BCUT2D eigenvalue weighted by molar-refractivity contribution is 5.45. The minimum absolute atomic E-state index is 0.556. The molecule has 1 N–H and O–H groups in total. The van der Waals surface area contributed by atoms with Crippen LogP contribution in [-0.4, -0.2) is 26.2 Å². The fourth-order valence-corrected chi connectivity index (χ4v) is 2.13. The first kappa shape index (κ1) is 14.0. The molecule has 2 nitrogen and oxygen atoms in total. The van der Waals surface area contributed by atoms with Crippen LogP contribution in [0.25, 0.3) is 0 Å².